The largest absolute Gasteiger partial charge is 0.488 e. The predicted molar refractivity (Wildman–Crippen MR) is 80.8 cm³/mol. The topological polar surface area (TPSA) is 44.5 Å². The van der Waals surface area contributed by atoms with Crippen LogP contribution in [0.5, 0.6) is 17.2 Å². The van der Waals surface area contributed by atoms with E-state index in [4.69, 9.17) is 15.2 Å². The molecule has 0 saturated heterocycles. The summed E-state index contributed by atoms with van der Waals surface area (Å²) in [4.78, 5) is 0. The third-order valence-electron chi connectivity index (χ3n) is 2.49. The lowest BCUT2D eigenvalue weighted by atomic mass is 10.2. The highest BCUT2D eigenvalue weighted by molar-refractivity contribution is 9.10. The molecule has 112 valence electrons. The van der Waals surface area contributed by atoms with E-state index in [0.29, 0.717) is 4.47 Å². The van der Waals surface area contributed by atoms with Crippen molar-refractivity contribution < 1.29 is 18.3 Å². The van der Waals surface area contributed by atoms with Gasteiger partial charge in [-0.3, -0.25) is 0 Å². The molecule has 0 aliphatic heterocycles. The summed E-state index contributed by atoms with van der Waals surface area (Å²) >= 11 is 3.17. The van der Waals surface area contributed by atoms with E-state index in [0.717, 1.165) is 6.07 Å². The van der Waals surface area contributed by atoms with Crippen molar-refractivity contribution >= 4 is 21.6 Å². The first-order valence-electron chi connectivity index (χ1n) is 6.25. The molecule has 2 rings (SSSR count). The predicted octanol–water partition coefficient (Wildman–Crippen LogP) is 4.89. The first-order chi connectivity index (χ1) is 9.85. The molecule has 0 aromatic heterocycles. The van der Waals surface area contributed by atoms with E-state index < -0.39 is 11.6 Å². The second-order valence-corrected chi connectivity index (χ2v) is 5.61. The minimum Gasteiger partial charge on any atom is -0.488 e. The van der Waals surface area contributed by atoms with Crippen LogP contribution in [0.25, 0.3) is 0 Å². The van der Waals surface area contributed by atoms with Gasteiger partial charge < -0.3 is 15.2 Å². The molecule has 2 N–H and O–H groups in total. The summed E-state index contributed by atoms with van der Waals surface area (Å²) in [5.41, 5.74) is 5.82. The molecule has 0 heterocycles. The lowest BCUT2D eigenvalue weighted by Gasteiger charge is -2.14. The molecule has 0 atom stereocenters. The monoisotopic (exact) mass is 357 g/mol. The molecular weight excluding hydrogens is 344 g/mol. The van der Waals surface area contributed by atoms with Gasteiger partial charge in [0.15, 0.2) is 17.3 Å². The van der Waals surface area contributed by atoms with Crippen LogP contribution >= 0.6 is 15.9 Å². The molecule has 2 aromatic carbocycles. The van der Waals surface area contributed by atoms with Gasteiger partial charge in [0.2, 0.25) is 0 Å². The number of rotatable bonds is 4. The summed E-state index contributed by atoms with van der Waals surface area (Å²) in [6.45, 7) is 3.56. The van der Waals surface area contributed by atoms with Crippen molar-refractivity contribution in [3.63, 3.8) is 0 Å². The van der Waals surface area contributed by atoms with E-state index in [2.05, 4.69) is 15.9 Å². The van der Waals surface area contributed by atoms with Gasteiger partial charge in [0, 0.05) is 22.7 Å². The summed E-state index contributed by atoms with van der Waals surface area (Å²) in [5.74, 6) is -0.558. The fourth-order valence-electron chi connectivity index (χ4n) is 1.70. The SMILES string of the molecule is CC(C)Oc1cc(Oc2cc(F)cc(Br)c2)c(N)cc1F. The second kappa shape index (κ2) is 6.30. The van der Waals surface area contributed by atoms with Gasteiger partial charge in [-0.2, -0.15) is 0 Å². The van der Waals surface area contributed by atoms with Crippen LogP contribution in [0, 0.1) is 11.6 Å². The highest BCUT2D eigenvalue weighted by Crippen LogP contribution is 2.35. The smallest absolute Gasteiger partial charge is 0.167 e. The molecule has 0 radical (unpaired) electrons. The van der Waals surface area contributed by atoms with Gasteiger partial charge >= 0.3 is 0 Å². The molecule has 0 aliphatic carbocycles. The normalized spacial score (nSPS) is 10.8. The minimum absolute atomic E-state index is 0.0321. The summed E-state index contributed by atoms with van der Waals surface area (Å²) in [6.07, 6.45) is -0.195. The Labute approximate surface area is 129 Å². The van der Waals surface area contributed by atoms with Gasteiger partial charge in [0.05, 0.1) is 11.8 Å². The molecule has 0 unspecified atom stereocenters. The molecule has 0 fully saturated rings. The van der Waals surface area contributed by atoms with Crippen molar-refractivity contribution in [3.05, 3.63) is 46.4 Å². The van der Waals surface area contributed by atoms with Crippen LogP contribution < -0.4 is 15.2 Å². The van der Waals surface area contributed by atoms with Crippen molar-refractivity contribution in [3.8, 4) is 17.2 Å². The lowest BCUT2D eigenvalue weighted by Crippen LogP contribution is -2.07. The van der Waals surface area contributed by atoms with Crippen molar-refractivity contribution in [2.45, 2.75) is 20.0 Å². The fraction of sp³-hybridized carbons (Fsp3) is 0.200. The average Bonchev–Trinajstić information content (AvgIpc) is 2.33. The Balaban J connectivity index is 2.34. The van der Waals surface area contributed by atoms with Gasteiger partial charge in [-0.15, -0.1) is 0 Å². The van der Waals surface area contributed by atoms with Crippen LogP contribution in [0.3, 0.4) is 0 Å². The summed E-state index contributed by atoms with van der Waals surface area (Å²) in [7, 11) is 0. The minimum atomic E-state index is -0.575. The zero-order valence-electron chi connectivity index (χ0n) is 11.5. The second-order valence-electron chi connectivity index (χ2n) is 4.69. The Morgan fingerprint density at radius 2 is 1.76 bits per heavy atom. The molecular formula is C15H14BrF2NO2. The Morgan fingerprint density at radius 3 is 2.38 bits per heavy atom. The summed E-state index contributed by atoms with van der Waals surface area (Å²) < 4.78 is 38.4. The Morgan fingerprint density at radius 1 is 1.05 bits per heavy atom. The van der Waals surface area contributed by atoms with Crippen molar-refractivity contribution in [1.82, 2.24) is 0 Å². The zero-order valence-corrected chi connectivity index (χ0v) is 13.1. The Hall–Kier alpha value is -1.82. The molecule has 0 amide bonds. The maximum atomic E-state index is 13.7. The summed E-state index contributed by atoms with van der Waals surface area (Å²) in [5, 5.41) is 0. The van der Waals surface area contributed by atoms with Gasteiger partial charge in [0.1, 0.15) is 11.6 Å². The number of ether oxygens (including phenoxy) is 2. The van der Waals surface area contributed by atoms with E-state index in [1.807, 2.05) is 0 Å². The zero-order chi connectivity index (χ0) is 15.6. The van der Waals surface area contributed by atoms with Crippen molar-refractivity contribution in [1.29, 1.82) is 0 Å². The molecule has 0 aliphatic rings. The van der Waals surface area contributed by atoms with Crippen LogP contribution in [-0.2, 0) is 0 Å². The van der Waals surface area contributed by atoms with Gasteiger partial charge in [-0.25, -0.2) is 8.78 Å². The van der Waals surface area contributed by atoms with E-state index in [1.165, 1.54) is 18.2 Å². The third kappa shape index (κ3) is 4.07. The molecule has 3 nitrogen and oxygen atoms in total. The molecule has 2 aromatic rings. The molecule has 0 bridgehead atoms. The summed E-state index contributed by atoms with van der Waals surface area (Å²) in [6, 6.07) is 6.55. The average molecular weight is 358 g/mol. The van der Waals surface area contributed by atoms with Crippen LogP contribution in [0.4, 0.5) is 14.5 Å². The van der Waals surface area contributed by atoms with Crippen LogP contribution in [0.15, 0.2) is 34.8 Å². The number of benzene rings is 2. The molecule has 21 heavy (non-hydrogen) atoms. The first-order valence-corrected chi connectivity index (χ1v) is 7.04. The lowest BCUT2D eigenvalue weighted by molar-refractivity contribution is 0.230. The standard InChI is InChI=1S/C15H14BrF2NO2/c1-8(2)20-14-7-15(13(19)6-12(14)18)21-11-4-9(16)3-10(17)5-11/h3-8H,19H2,1-2H3. The first kappa shape index (κ1) is 15.6. The molecule has 0 spiro atoms. The maximum absolute atomic E-state index is 13.7. The van der Waals surface area contributed by atoms with Crippen molar-refractivity contribution in [2.24, 2.45) is 0 Å². The maximum Gasteiger partial charge on any atom is 0.167 e. The number of halogens is 3. The number of hydrogen-bond acceptors (Lipinski definition) is 3. The number of nitrogen functional groups attached to an aromatic ring is 1. The quantitative estimate of drug-likeness (QED) is 0.792. The van der Waals surface area contributed by atoms with Gasteiger partial charge in [0.25, 0.3) is 0 Å². The van der Waals surface area contributed by atoms with E-state index >= 15 is 0 Å². The van der Waals surface area contributed by atoms with Crippen LogP contribution in [0.1, 0.15) is 13.8 Å². The molecule has 0 saturated carbocycles. The van der Waals surface area contributed by atoms with Gasteiger partial charge in [-0.05, 0) is 26.0 Å². The third-order valence-corrected chi connectivity index (χ3v) is 2.95. The van der Waals surface area contributed by atoms with E-state index in [1.54, 1.807) is 19.9 Å². The molecule has 6 heteroatoms. The fourth-order valence-corrected chi connectivity index (χ4v) is 2.14. The van der Waals surface area contributed by atoms with Crippen molar-refractivity contribution in [2.75, 3.05) is 5.73 Å². The van der Waals surface area contributed by atoms with E-state index in [-0.39, 0.29) is 29.0 Å². The Bertz CT molecular complexity index is 642. The van der Waals surface area contributed by atoms with Crippen LogP contribution in [-0.4, -0.2) is 6.10 Å². The van der Waals surface area contributed by atoms with E-state index in [9.17, 15) is 8.78 Å². The highest BCUT2D eigenvalue weighted by Gasteiger charge is 2.13. The number of nitrogens with two attached hydrogens (primary N) is 1. The number of anilines is 1. The van der Waals surface area contributed by atoms with Gasteiger partial charge in [-0.1, -0.05) is 15.9 Å². The van der Waals surface area contributed by atoms with Crippen LogP contribution in [0.2, 0.25) is 0 Å². The number of hydrogen-bond donors (Lipinski definition) is 1. The highest BCUT2D eigenvalue weighted by atomic mass is 79.9. The Kier molecular flexibility index (Phi) is 4.67.